The number of nitrogens with zero attached hydrogens (tertiary/aromatic N) is 3. The molecule has 0 fully saturated rings. The zero-order valence-corrected chi connectivity index (χ0v) is 13.9. The van der Waals surface area contributed by atoms with E-state index in [9.17, 15) is 4.79 Å². The first-order chi connectivity index (χ1) is 8.79. The molecule has 1 rings (SSSR count). The van der Waals surface area contributed by atoms with Crippen molar-refractivity contribution in [2.75, 3.05) is 27.2 Å². The summed E-state index contributed by atoms with van der Waals surface area (Å²) in [5, 5.41) is 7.48. The molecule has 6 heteroatoms. The SMILES string of the molecule is CCNC(C)(C)C(=O)c1c(Br)cnn1CCN(C)C. The molecule has 1 aromatic heterocycles. The van der Waals surface area contributed by atoms with Crippen molar-refractivity contribution in [1.82, 2.24) is 20.0 Å². The van der Waals surface area contributed by atoms with E-state index in [2.05, 4.69) is 31.2 Å². The van der Waals surface area contributed by atoms with Gasteiger partial charge in [-0.05, 0) is 50.4 Å². The van der Waals surface area contributed by atoms with Crippen molar-refractivity contribution in [3.05, 3.63) is 16.4 Å². The van der Waals surface area contributed by atoms with Gasteiger partial charge in [-0.25, -0.2) is 0 Å². The number of aromatic nitrogens is 2. The summed E-state index contributed by atoms with van der Waals surface area (Å²) in [5.74, 6) is 0.0532. The number of nitrogens with one attached hydrogen (secondary N) is 1. The predicted octanol–water partition coefficient (Wildman–Crippen LogP) is 1.78. The summed E-state index contributed by atoms with van der Waals surface area (Å²) in [7, 11) is 4.01. The van der Waals surface area contributed by atoms with Crippen molar-refractivity contribution in [3.8, 4) is 0 Å². The number of halogens is 1. The summed E-state index contributed by atoms with van der Waals surface area (Å²) < 4.78 is 2.52. The van der Waals surface area contributed by atoms with Crippen LogP contribution in [0.4, 0.5) is 0 Å². The van der Waals surface area contributed by atoms with Gasteiger partial charge >= 0.3 is 0 Å². The van der Waals surface area contributed by atoms with Crippen LogP contribution >= 0.6 is 15.9 Å². The van der Waals surface area contributed by atoms with Gasteiger partial charge in [-0.15, -0.1) is 0 Å². The van der Waals surface area contributed by atoms with Crippen LogP contribution in [0.2, 0.25) is 0 Å². The van der Waals surface area contributed by atoms with Gasteiger partial charge in [0.2, 0.25) is 5.78 Å². The molecule has 5 nitrogen and oxygen atoms in total. The lowest BCUT2D eigenvalue weighted by atomic mass is 9.96. The molecule has 0 aliphatic heterocycles. The third kappa shape index (κ3) is 4.12. The Morgan fingerprint density at radius 1 is 1.53 bits per heavy atom. The first-order valence-corrected chi connectivity index (χ1v) is 7.24. The maximum atomic E-state index is 12.6. The van der Waals surface area contributed by atoms with Gasteiger partial charge < -0.3 is 10.2 Å². The topological polar surface area (TPSA) is 50.2 Å². The van der Waals surface area contributed by atoms with E-state index in [-0.39, 0.29) is 5.78 Å². The quantitative estimate of drug-likeness (QED) is 0.774. The highest BCUT2D eigenvalue weighted by Gasteiger charge is 2.31. The molecule has 1 heterocycles. The van der Waals surface area contributed by atoms with Gasteiger partial charge in [0.05, 0.1) is 22.8 Å². The minimum atomic E-state index is -0.590. The van der Waals surface area contributed by atoms with Crippen LogP contribution in [0.15, 0.2) is 10.7 Å². The van der Waals surface area contributed by atoms with E-state index < -0.39 is 5.54 Å². The van der Waals surface area contributed by atoms with Crippen LogP contribution in [0.25, 0.3) is 0 Å². The molecule has 0 aliphatic rings. The standard InChI is InChI=1S/C13H23BrN4O/c1-6-15-13(2,3)12(19)11-10(14)9-16-18(11)8-7-17(4)5/h9,15H,6-8H2,1-5H3. The van der Waals surface area contributed by atoms with E-state index in [1.807, 2.05) is 34.9 Å². The second kappa shape index (κ2) is 6.63. The first-order valence-electron chi connectivity index (χ1n) is 6.45. The fourth-order valence-corrected chi connectivity index (χ4v) is 2.35. The number of rotatable bonds is 7. The van der Waals surface area contributed by atoms with Crippen LogP contribution in [-0.4, -0.2) is 53.2 Å². The number of likely N-dealkylation sites (N-methyl/N-ethyl adjacent to an activating group) is 2. The Morgan fingerprint density at radius 2 is 2.16 bits per heavy atom. The van der Waals surface area contributed by atoms with Crippen molar-refractivity contribution in [2.24, 2.45) is 0 Å². The van der Waals surface area contributed by atoms with E-state index in [0.717, 1.165) is 17.6 Å². The fourth-order valence-electron chi connectivity index (χ4n) is 1.87. The Labute approximate surface area is 123 Å². The molecular weight excluding hydrogens is 308 g/mol. The highest BCUT2D eigenvalue weighted by Crippen LogP contribution is 2.21. The molecule has 1 aromatic rings. The number of Topliss-reactive ketones (excluding diaryl/α,β-unsaturated/α-hetero) is 1. The molecule has 0 radical (unpaired) electrons. The van der Waals surface area contributed by atoms with Gasteiger partial charge in [0.25, 0.3) is 0 Å². The molecule has 0 bridgehead atoms. The van der Waals surface area contributed by atoms with Gasteiger partial charge in [0.15, 0.2) is 0 Å². The Balaban J connectivity index is 2.99. The highest BCUT2D eigenvalue weighted by atomic mass is 79.9. The van der Waals surface area contributed by atoms with Crippen LogP contribution in [0.1, 0.15) is 31.3 Å². The highest BCUT2D eigenvalue weighted by molar-refractivity contribution is 9.10. The molecule has 0 unspecified atom stereocenters. The lowest BCUT2D eigenvalue weighted by Crippen LogP contribution is -2.47. The first kappa shape index (κ1) is 16.3. The molecule has 0 aromatic carbocycles. The number of hydrogen-bond donors (Lipinski definition) is 1. The average Bonchev–Trinajstić information content (AvgIpc) is 2.66. The Kier molecular flexibility index (Phi) is 5.70. The van der Waals surface area contributed by atoms with Gasteiger partial charge in [-0.2, -0.15) is 5.10 Å². The molecule has 108 valence electrons. The maximum absolute atomic E-state index is 12.6. The second-order valence-corrected chi connectivity index (χ2v) is 6.21. The summed E-state index contributed by atoms with van der Waals surface area (Å²) in [6.07, 6.45) is 1.69. The van der Waals surface area contributed by atoms with E-state index in [0.29, 0.717) is 12.2 Å². The van der Waals surface area contributed by atoms with E-state index >= 15 is 0 Å². The lowest BCUT2D eigenvalue weighted by Gasteiger charge is -2.24. The third-order valence-corrected chi connectivity index (χ3v) is 3.54. The number of hydrogen-bond acceptors (Lipinski definition) is 4. The Hall–Kier alpha value is -0.720. The van der Waals surface area contributed by atoms with Crippen molar-refractivity contribution in [1.29, 1.82) is 0 Å². The smallest absolute Gasteiger partial charge is 0.201 e. The molecule has 0 atom stereocenters. The normalized spacial score (nSPS) is 12.2. The minimum Gasteiger partial charge on any atom is -0.308 e. The zero-order valence-electron chi connectivity index (χ0n) is 12.3. The van der Waals surface area contributed by atoms with Crippen LogP contribution in [0.5, 0.6) is 0 Å². The largest absolute Gasteiger partial charge is 0.308 e. The predicted molar refractivity (Wildman–Crippen MR) is 80.6 cm³/mol. The van der Waals surface area contributed by atoms with Gasteiger partial charge in [-0.3, -0.25) is 9.48 Å². The number of carbonyl (C=O) groups is 1. The summed E-state index contributed by atoms with van der Waals surface area (Å²) in [6, 6.07) is 0. The molecule has 1 N–H and O–H groups in total. The molecule has 0 spiro atoms. The fraction of sp³-hybridized carbons (Fsp3) is 0.692. The Morgan fingerprint density at radius 3 is 2.68 bits per heavy atom. The van der Waals surface area contributed by atoms with Gasteiger partial charge in [-0.1, -0.05) is 6.92 Å². The summed E-state index contributed by atoms with van der Waals surface area (Å²) in [6.45, 7) is 8.08. The van der Waals surface area contributed by atoms with Crippen molar-refractivity contribution in [3.63, 3.8) is 0 Å². The maximum Gasteiger partial charge on any atom is 0.201 e. The molecule has 0 amide bonds. The van der Waals surface area contributed by atoms with Crippen molar-refractivity contribution >= 4 is 21.7 Å². The molecule has 19 heavy (non-hydrogen) atoms. The lowest BCUT2D eigenvalue weighted by molar-refractivity contribution is 0.0871. The van der Waals surface area contributed by atoms with Crippen LogP contribution in [-0.2, 0) is 6.54 Å². The zero-order chi connectivity index (χ0) is 14.6. The van der Waals surface area contributed by atoms with E-state index in [1.54, 1.807) is 10.9 Å². The monoisotopic (exact) mass is 330 g/mol. The minimum absolute atomic E-state index is 0.0532. The number of carbonyl (C=O) groups excluding carboxylic acids is 1. The summed E-state index contributed by atoms with van der Waals surface area (Å²) in [4.78, 5) is 14.7. The van der Waals surface area contributed by atoms with Gasteiger partial charge in [0.1, 0.15) is 5.69 Å². The van der Waals surface area contributed by atoms with Crippen LogP contribution in [0, 0.1) is 0 Å². The molecule has 0 saturated heterocycles. The van der Waals surface area contributed by atoms with Crippen molar-refractivity contribution in [2.45, 2.75) is 32.9 Å². The van der Waals surface area contributed by atoms with E-state index in [1.165, 1.54) is 0 Å². The van der Waals surface area contributed by atoms with Gasteiger partial charge in [0, 0.05) is 6.54 Å². The van der Waals surface area contributed by atoms with E-state index in [4.69, 9.17) is 0 Å². The average molecular weight is 331 g/mol. The van der Waals surface area contributed by atoms with Crippen LogP contribution < -0.4 is 5.32 Å². The third-order valence-electron chi connectivity index (χ3n) is 2.96. The molecular formula is C13H23BrN4O. The second-order valence-electron chi connectivity index (χ2n) is 5.35. The summed E-state index contributed by atoms with van der Waals surface area (Å²) in [5.41, 5.74) is 0.0421. The molecule has 0 aliphatic carbocycles. The van der Waals surface area contributed by atoms with Crippen molar-refractivity contribution < 1.29 is 4.79 Å². The number of ketones is 1. The van der Waals surface area contributed by atoms with Crippen LogP contribution in [0.3, 0.4) is 0 Å². The summed E-state index contributed by atoms with van der Waals surface area (Å²) >= 11 is 3.42. The Bertz CT molecular complexity index is 440. The molecule has 0 saturated carbocycles.